The Morgan fingerprint density at radius 3 is 2.76 bits per heavy atom. The molecule has 0 saturated heterocycles. The van der Waals surface area contributed by atoms with E-state index >= 15 is 0 Å². The molecule has 0 aliphatic carbocycles. The van der Waals surface area contributed by atoms with Crippen molar-refractivity contribution < 1.29 is 4.79 Å². The lowest BCUT2D eigenvalue weighted by Crippen LogP contribution is -2.38. The van der Waals surface area contributed by atoms with Crippen LogP contribution in [-0.2, 0) is 17.6 Å². The van der Waals surface area contributed by atoms with Crippen molar-refractivity contribution in [2.75, 3.05) is 4.90 Å². The van der Waals surface area contributed by atoms with Gasteiger partial charge in [0.2, 0.25) is 5.91 Å². The molecule has 3 heteroatoms. The Morgan fingerprint density at radius 2 is 2.14 bits per heavy atom. The normalized spacial score (nSPS) is 19.0. The van der Waals surface area contributed by atoms with Crippen LogP contribution in [0.4, 0.5) is 5.69 Å². The Balaban J connectivity index is 2.19. The Kier molecular flexibility index (Phi) is 5.48. The van der Waals surface area contributed by atoms with Crippen LogP contribution in [0, 0.1) is 5.92 Å². The first-order valence-electron chi connectivity index (χ1n) is 8.03. The third-order valence-electron chi connectivity index (χ3n) is 4.15. The molecule has 0 radical (unpaired) electrons. The van der Waals surface area contributed by atoms with Crippen molar-refractivity contribution in [2.24, 2.45) is 5.92 Å². The fourth-order valence-electron chi connectivity index (χ4n) is 3.10. The second-order valence-electron chi connectivity index (χ2n) is 6.47. The summed E-state index contributed by atoms with van der Waals surface area (Å²) >= 11 is 3.76. The molecule has 0 N–H and O–H groups in total. The third-order valence-corrected chi connectivity index (χ3v) is 4.93. The summed E-state index contributed by atoms with van der Waals surface area (Å²) < 4.78 is 0. The van der Waals surface area contributed by atoms with Crippen LogP contribution in [0.5, 0.6) is 0 Å². The van der Waals surface area contributed by atoms with Crippen LogP contribution in [0.1, 0.15) is 51.7 Å². The zero-order valence-corrected chi connectivity index (χ0v) is 15.1. The van der Waals surface area contributed by atoms with Gasteiger partial charge in [-0.1, -0.05) is 55.3 Å². The van der Waals surface area contributed by atoms with Crippen molar-refractivity contribution in [2.45, 2.75) is 64.2 Å². The number of fused-ring (bicyclic) bond motifs is 1. The zero-order valence-electron chi connectivity index (χ0n) is 13.5. The first-order valence-corrected chi connectivity index (χ1v) is 8.94. The van der Waals surface area contributed by atoms with E-state index in [1.165, 1.54) is 24.0 Å². The quantitative estimate of drug-likeness (QED) is 0.702. The van der Waals surface area contributed by atoms with Crippen molar-refractivity contribution in [1.82, 2.24) is 0 Å². The van der Waals surface area contributed by atoms with Gasteiger partial charge in [-0.2, -0.15) is 0 Å². The number of nitrogens with zero attached hydrogens (tertiary/aromatic N) is 1. The summed E-state index contributed by atoms with van der Waals surface area (Å²) in [5, 5.41) is 0. The topological polar surface area (TPSA) is 20.3 Å². The molecule has 2 unspecified atom stereocenters. The number of hydrogen-bond acceptors (Lipinski definition) is 1. The molecular weight excluding hydrogens is 326 g/mol. The number of anilines is 1. The largest absolute Gasteiger partial charge is 0.309 e. The molecule has 0 aromatic heterocycles. The van der Waals surface area contributed by atoms with Gasteiger partial charge in [0.15, 0.2) is 0 Å². The van der Waals surface area contributed by atoms with Gasteiger partial charge in [0.25, 0.3) is 0 Å². The maximum Gasteiger partial charge on any atom is 0.229 e. The van der Waals surface area contributed by atoms with Gasteiger partial charge in [0.1, 0.15) is 0 Å². The van der Waals surface area contributed by atoms with E-state index in [1.807, 2.05) is 18.7 Å². The fourth-order valence-corrected chi connectivity index (χ4v) is 3.93. The van der Waals surface area contributed by atoms with Crippen LogP contribution in [0.15, 0.2) is 18.2 Å². The second kappa shape index (κ2) is 6.95. The van der Waals surface area contributed by atoms with Gasteiger partial charge in [-0.05, 0) is 43.4 Å². The minimum Gasteiger partial charge on any atom is -0.309 e. The van der Waals surface area contributed by atoms with Crippen LogP contribution in [0.2, 0.25) is 0 Å². The van der Waals surface area contributed by atoms with E-state index in [4.69, 9.17) is 0 Å². The Morgan fingerprint density at radius 1 is 1.43 bits per heavy atom. The standard InChI is InChI=1S/C18H26BrNO/c1-5-6-16(19)11-14-7-8-17-15(10-14)9-13(4)20(17)18(21)12(2)3/h7-8,10,12-13,16H,5-6,9,11H2,1-4H3. The number of benzene rings is 1. The number of hydrogen-bond donors (Lipinski definition) is 0. The van der Waals surface area contributed by atoms with Crippen LogP contribution in [0.3, 0.4) is 0 Å². The van der Waals surface area contributed by atoms with Gasteiger partial charge in [-0.15, -0.1) is 0 Å². The van der Waals surface area contributed by atoms with Gasteiger partial charge in [0.05, 0.1) is 0 Å². The highest BCUT2D eigenvalue weighted by Crippen LogP contribution is 2.34. The smallest absolute Gasteiger partial charge is 0.229 e. The lowest BCUT2D eigenvalue weighted by atomic mass is 10.0. The molecule has 2 nitrogen and oxygen atoms in total. The highest BCUT2D eigenvalue weighted by Gasteiger charge is 2.32. The van der Waals surface area contributed by atoms with Crippen molar-refractivity contribution in [3.8, 4) is 0 Å². The average Bonchev–Trinajstić information content (AvgIpc) is 2.73. The summed E-state index contributed by atoms with van der Waals surface area (Å²) in [7, 11) is 0. The number of alkyl halides is 1. The van der Waals surface area contributed by atoms with Gasteiger partial charge in [-0.3, -0.25) is 4.79 Å². The molecule has 0 bridgehead atoms. The molecule has 116 valence electrons. The van der Waals surface area contributed by atoms with E-state index < -0.39 is 0 Å². The lowest BCUT2D eigenvalue weighted by Gasteiger charge is -2.24. The van der Waals surface area contributed by atoms with Crippen molar-refractivity contribution >= 4 is 27.5 Å². The zero-order chi connectivity index (χ0) is 15.6. The van der Waals surface area contributed by atoms with Crippen LogP contribution in [-0.4, -0.2) is 16.8 Å². The summed E-state index contributed by atoms with van der Waals surface area (Å²) in [6, 6.07) is 6.89. The average molecular weight is 352 g/mol. The Hall–Kier alpha value is -0.830. The SMILES string of the molecule is CCCC(Br)Cc1ccc2c(c1)CC(C)N2C(=O)C(C)C. The van der Waals surface area contributed by atoms with Gasteiger partial charge in [0, 0.05) is 22.5 Å². The highest BCUT2D eigenvalue weighted by atomic mass is 79.9. The Labute approximate surface area is 137 Å². The predicted molar refractivity (Wildman–Crippen MR) is 93.3 cm³/mol. The third kappa shape index (κ3) is 3.68. The maximum absolute atomic E-state index is 12.4. The Bertz CT molecular complexity index is 512. The molecule has 0 spiro atoms. The summed E-state index contributed by atoms with van der Waals surface area (Å²) in [4.78, 5) is 14.9. The van der Waals surface area contributed by atoms with Crippen molar-refractivity contribution in [3.05, 3.63) is 29.3 Å². The predicted octanol–water partition coefficient (Wildman–Crippen LogP) is 4.73. The molecule has 0 saturated carbocycles. The van der Waals surface area contributed by atoms with E-state index in [1.54, 1.807) is 0 Å². The van der Waals surface area contributed by atoms with Crippen molar-refractivity contribution in [1.29, 1.82) is 0 Å². The van der Waals surface area contributed by atoms with Crippen LogP contribution < -0.4 is 4.90 Å². The first kappa shape index (κ1) is 16.5. The van der Waals surface area contributed by atoms with E-state index in [-0.39, 0.29) is 17.9 Å². The second-order valence-corrected chi connectivity index (χ2v) is 7.76. The summed E-state index contributed by atoms with van der Waals surface area (Å²) in [6.45, 7) is 8.31. The minimum atomic E-state index is 0.0505. The summed E-state index contributed by atoms with van der Waals surface area (Å²) in [5.41, 5.74) is 3.81. The molecule has 21 heavy (non-hydrogen) atoms. The number of carbonyl (C=O) groups excluding carboxylic acids is 1. The highest BCUT2D eigenvalue weighted by molar-refractivity contribution is 9.09. The fraction of sp³-hybridized carbons (Fsp3) is 0.611. The van der Waals surface area contributed by atoms with E-state index in [2.05, 4.69) is 48.0 Å². The van der Waals surface area contributed by atoms with Gasteiger partial charge in [-0.25, -0.2) is 0 Å². The molecule has 2 rings (SSSR count). The minimum absolute atomic E-state index is 0.0505. The van der Waals surface area contributed by atoms with Crippen LogP contribution in [0.25, 0.3) is 0 Å². The van der Waals surface area contributed by atoms with Gasteiger partial charge < -0.3 is 4.90 Å². The molecule has 2 atom stereocenters. The number of rotatable bonds is 5. The summed E-state index contributed by atoms with van der Waals surface area (Å²) in [6.07, 6.45) is 4.44. The molecule has 1 aliphatic rings. The molecule has 1 aromatic carbocycles. The summed E-state index contributed by atoms with van der Waals surface area (Å²) in [5.74, 6) is 0.285. The molecule has 0 fully saturated rings. The first-order chi connectivity index (χ1) is 9.93. The van der Waals surface area contributed by atoms with E-state index in [9.17, 15) is 4.79 Å². The lowest BCUT2D eigenvalue weighted by molar-refractivity contribution is -0.121. The molecule has 1 aliphatic heterocycles. The van der Waals surface area contributed by atoms with Crippen LogP contribution >= 0.6 is 15.9 Å². The molecular formula is C18H26BrNO. The number of carbonyl (C=O) groups is 1. The van der Waals surface area contributed by atoms with E-state index in [0.717, 1.165) is 18.5 Å². The molecule has 1 heterocycles. The number of amides is 1. The maximum atomic E-state index is 12.4. The molecule has 1 amide bonds. The monoisotopic (exact) mass is 351 g/mol. The number of halogens is 1. The van der Waals surface area contributed by atoms with Gasteiger partial charge >= 0.3 is 0 Å². The molecule has 1 aromatic rings. The van der Waals surface area contributed by atoms with E-state index in [0.29, 0.717) is 4.83 Å². The van der Waals surface area contributed by atoms with Crippen molar-refractivity contribution in [3.63, 3.8) is 0 Å².